The standard InChI is InChI=1S/C12H25NO/c1-11(2,3)10(14)12(4,5)13-8-6-7-9-13/h10,14H,6-9H2,1-5H3. The number of rotatable bonds is 2. The van der Waals surface area contributed by atoms with E-state index in [0.717, 1.165) is 13.1 Å². The molecule has 2 nitrogen and oxygen atoms in total. The molecule has 1 saturated heterocycles. The van der Waals surface area contributed by atoms with Gasteiger partial charge in [0.25, 0.3) is 0 Å². The van der Waals surface area contributed by atoms with Crippen LogP contribution >= 0.6 is 0 Å². The molecule has 1 unspecified atom stereocenters. The van der Waals surface area contributed by atoms with E-state index in [0.29, 0.717) is 0 Å². The van der Waals surface area contributed by atoms with Gasteiger partial charge < -0.3 is 5.11 Å². The summed E-state index contributed by atoms with van der Waals surface area (Å²) >= 11 is 0. The Bertz CT molecular complexity index is 187. The molecule has 84 valence electrons. The summed E-state index contributed by atoms with van der Waals surface area (Å²) in [4.78, 5) is 2.42. The van der Waals surface area contributed by atoms with Crippen LogP contribution in [0.25, 0.3) is 0 Å². The smallest absolute Gasteiger partial charge is 0.0766 e. The van der Waals surface area contributed by atoms with Gasteiger partial charge in [0.15, 0.2) is 0 Å². The number of aliphatic hydroxyl groups excluding tert-OH is 1. The Kier molecular flexibility index (Phi) is 3.27. The summed E-state index contributed by atoms with van der Waals surface area (Å²) in [6.45, 7) is 12.9. The maximum atomic E-state index is 10.3. The first-order valence-electron chi connectivity index (χ1n) is 5.69. The first-order chi connectivity index (χ1) is 6.26. The van der Waals surface area contributed by atoms with Crippen molar-refractivity contribution in [3.63, 3.8) is 0 Å². The lowest BCUT2D eigenvalue weighted by Gasteiger charge is -2.45. The van der Waals surface area contributed by atoms with Gasteiger partial charge in [-0.2, -0.15) is 0 Å². The van der Waals surface area contributed by atoms with Gasteiger partial charge in [0.05, 0.1) is 6.10 Å². The van der Waals surface area contributed by atoms with E-state index in [4.69, 9.17) is 0 Å². The van der Waals surface area contributed by atoms with Crippen LogP contribution in [0.3, 0.4) is 0 Å². The minimum absolute atomic E-state index is 0.0356. The van der Waals surface area contributed by atoms with E-state index in [-0.39, 0.29) is 17.1 Å². The number of nitrogens with zero attached hydrogens (tertiary/aromatic N) is 1. The molecule has 0 spiro atoms. The first-order valence-corrected chi connectivity index (χ1v) is 5.69. The van der Waals surface area contributed by atoms with Gasteiger partial charge >= 0.3 is 0 Å². The molecule has 0 aromatic rings. The molecule has 1 aliphatic rings. The van der Waals surface area contributed by atoms with Gasteiger partial charge in [-0.05, 0) is 45.2 Å². The molecule has 1 aliphatic heterocycles. The molecule has 1 atom stereocenters. The molecule has 0 saturated carbocycles. The summed E-state index contributed by atoms with van der Waals surface area (Å²) < 4.78 is 0. The third-order valence-corrected chi connectivity index (χ3v) is 3.41. The molecule has 0 aromatic heterocycles. The van der Waals surface area contributed by atoms with Gasteiger partial charge in [0, 0.05) is 5.54 Å². The van der Waals surface area contributed by atoms with Gasteiger partial charge in [0.2, 0.25) is 0 Å². The second-order valence-corrected chi connectivity index (χ2v) is 6.12. The molecule has 2 heteroatoms. The van der Waals surface area contributed by atoms with Crippen molar-refractivity contribution in [1.82, 2.24) is 4.90 Å². The molecule has 1 rings (SSSR count). The van der Waals surface area contributed by atoms with Gasteiger partial charge in [-0.3, -0.25) is 4.90 Å². The topological polar surface area (TPSA) is 23.5 Å². The van der Waals surface area contributed by atoms with E-state index in [9.17, 15) is 5.11 Å². The monoisotopic (exact) mass is 199 g/mol. The van der Waals surface area contributed by atoms with E-state index in [1.807, 2.05) is 0 Å². The second kappa shape index (κ2) is 3.82. The van der Waals surface area contributed by atoms with Crippen molar-refractivity contribution >= 4 is 0 Å². The van der Waals surface area contributed by atoms with Crippen molar-refractivity contribution in [1.29, 1.82) is 0 Å². The quantitative estimate of drug-likeness (QED) is 0.737. The highest BCUT2D eigenvalue weighted by atomic mass is 16.3. The van der Waals surface area contributed by atoms with Gasteiger partial charge in [-0.25, -0.2) is 0 Å². The Morgan fingerprint density at radius 1 is 1.00 bits per heavy atom. The number of likely N-dealkylation sites (tertiary alicyclic amines) is 1. The number of hydrogen-bond donors (Lipinski definition) is 1. The molecule has 1 heterocycles. The summed E-state index contributed by atoms with van der Waals surface area (Å²) in [6, 6.07) is 0. The maximum absolute atomic E-state index is 10.3. The zero-order chi connectivity index (χ0) is 11.0. The molecule has 0 aromatic carbocycles. The zero-order valence-corrected chi connectivity index (χ0v) is 10.3. The van der Waals surface area contributed by atoms with Crippen LogP contribution in [-0.4, -0.2) is 34.7 Å². The van der Waals surface area contributed by atoms with Crippen LogP contribution in [0.4, 0.5) is 0 Å². The van der Waals surface area contributed by atoms with Crippen molar-refractivity contribution in [2.45, 2.75) is 59.1 Å². The summed E-state index contributed by atoms with van der Waals surface area (Å²) in [5, 5.41) is 10.3. The first kappa shape index (κ1) is 12.0. The Hall–Kier alpha value is -0.0800. The lowest BCUT2D eigenvalue weighted by Crippen LogP contribution is -2.55. The fourth-order valence-electron chi connectivity index (χ4n) is 2.53. The van der Waals surface area contributed by atoms with E-state index >= 15 is 0 Å². The fraction of sp³-hybridized carbons (Fsp3) is 1.00. The highest BCUT2D eigenvalue weighted by Crippen LogP contribution is 2.33. The van der Waals surface area contributed by atoms with Crippen LogP contribution in [0.2, 0.25) is 0 Å². The average molecular weight is 199 g/mol. The molecular weight excluding hydrogens is 174 g/mol. The Morgan fingerprint density at radius 3 is 1.79 bits per heavy atom. The van der Waals surface area contributed by atoms with Gasteiger partial charge in [-0.15, -0.1) is 0 Å². The Labute approximate surface area is 88.3 Å². The van der Waals surface area contributed by atoms with Gasteiger partial charge in [0.1, 0.15) is 0 Å². The van der Waals surface area contributed by atoms with Crippen LogP contribution in [0, 0.1) is 5.41 Å². The normalized spacial score (nSPS) is 22.7. The van der Waals surface area contributed by atoms with Crippen molar-refractivity contribution in [2.24, 2.45) is 5.41 Å². The molecule has 1 fully saturated rings. The zero-order valence-electron chi connectivity index (χ0n) is 10.3. The summed E-state index contributed by atoms with van der Waals surface area (Å²) in [5.74, 6) is 0. The molecule has 0 aliphatic carbocycles. The highest BCUT2D eigenvalue weighted by Gasteiger charge is 2.41. The van der Waals surface area contributed by atoms with Crippen molar-refractivity contribution in [3.8, 4) is 0 Å². The van der Waals surface area contributed by atoms with Crippen LogP contribution in [-0.2, 0) is 0 Å². The Balaban J connectivity index is 2.72. The van der Waals surface area contributed by atoms with Crippen LogP contribution < -0.4 is 0 Å². The predicted molar refractivity (Wildman–Crippen MR) is 60.3 cm³/mol. The van der Waals surface area contributed by atoms with E-state index in [2.05, 4.69) is 39.5 Å². The SMILES string of the molecule is CC(C)(C)C(O)C(C)(C)N1CCCC1. The van der Waals surface area contributed by atoms with E-state index in [1.165, 1.54) is 12.8 Å². The fourth-order valence-corrected chi connectivity index (χ4v) is 2.53. The van der Waals surface area contributed by atoms with E-state index in [1.54, 1.807) is 0 Å². The second-order valence-electron chi connectivity index (χ2n) is 6.12. The lowest BCUT2D eigenvalue weighted by molar-refractivity contribution is -0.0585. The van der Waals surface area contributed by atoms with Crippen molar-refractivity contribution < 1.29 is 5.11 Å². The largest absolute Gasteiger partial charge is 0.391 e. The molecule has 14 heavy (non-hydrogen) atoms. The predicted octanol–water partition coefficient (Wildman–Crippen LogP) is 2.27. The molecule has 1 N–H and O–H groups in total. The molecule has 0 amide bonds. The third-order valence-electron chi connectivity index (χ3n) is 3.41. The molecule has 0 bridgehead atoms. The minimum atomic E-state index is -0.270. The van der Waals surface area contributed by atoms with Crippen molar-refractivity contribution in [3.05, 3.63) is 0 Å². The average Bonchev–Trinajstić information content (AvgIpc) is 2.53. The summed E-state index contributed by atoms with van der Waals surface area (Å²) in [7, 11) is 0. The van der Waals surface area contributed by atoms with E-state index < -0.39 is 0 Å². The summed E-state index contributed by atoms with van der Waals surface area (Å²) in [5.41, 5.74) is -0.124. The van der Waals surface area contributed by atoms with Crippen molar-refractivity contribution in [2.75, 3.05) is 13.1 Å². The summed E-state index contributed by atoms with van der Waals surface area (Å²) in [6.07, 6.45) is 2.29. The van der Waals surface area contributed by atoms with Crippen LogP contribution in [0.15, 0.2) is 0 Å². The molecule has 0 radical (unpaired) electrons. The van der Waals surface area contributed by atoms with Gasteiger partial charge in [-0.1, -0.05) is 20.8 Å². The minimum Gasteiger partial charge on any atom is -0.391 e. The number of hydrogen-bond acceptors (Lipinski definition) is 2. The maximum Gasteiger partial charge on any atom is 0.0766 e. The third kappa shape index (κ3) is 2.29. The molecular formula is C12H25NO. The van der Waals surface area contributed by atoms with Crippen LogP contribution in [0.5, 0.6) is 0 Å². The highest BCUT2D eigenvalue weighted by molar-refractivity contribution is 4.95. The Morgan fingerprint density at radius 2 is 1.43 bits per heavy atom. The lowest BCUT2D eigenvalue weighted by atomic mass is 9.77. The number of aliphatic hydroxyl groups is 1. The van der Waals surface area contributed by atoms with Crippen LogP contribution in [0.1, 0.15) is 47.5 Å².